The first-order chi connectivity index (χ1) is 9.70. The zero-order valence-electron chi connectivity index (χ0n) is 10.9. The Bertz CT molecular complexity index is 685. The number of amides is 1. The van der Waals surface area contributed by atoms with Gasteiger partial charge < -0.3 is 10.0 Å². The molecule has 106 valence electrons. The molecule has 20 heavy (non-hydrogen) atoms. The second-order valence-electron chi connectivity index (χ2n) is 4.95. The summed E-state index contributed by atoms with van der Waals surface area (Å²) in [5, 5.41) is 10.9. The van der Waals surface area contributed by atoms with E-state index in [0.717, 1.165) is 12.8 Å². The monoisotopic (exact) mass is 293 g/mol. The highest BCUT2D eigenvalue weighted by molar-refractivity contribution is 7.15. The van der Waals surface area contributed by atoms with Gasteiger partial charge in [-0.15, -0.1) is 11.3 Å². The predicted octanol–water partition coefficient (Wildman–Crippen LogP) is 0.601. The van der Waals surface area contributed by atoms with E-state index in [1.54, 1.807) is 16.5 Å². The van der Waals surface area contributed by atoms with Crippen LogP contribution in [-0.2, 0) is 0 Å². The molecule has 1 aliphatic rings. The van der Waals surface area contributed by atoms with Crippen LogP contribution in [0.25, 0.3) is 4.96 Å². The molecular formula is C13H15N3O3S. The molecule has 0 spiro atoms. The minimum Gasteiger partial charge on any atom is -0.396 e. The fourth-order valence-corrected chi connectivity index (χ4v) is 3.14. The number of hydrogen-bond acceptors (Lipinski definition) is 5. The second kappa shape index (κ2) is 5.34. The lowest BCUT2D eigenvalue weighted by atomic mass is 9.97. The highest BCUT2D eigenvalue weighted by atomic mass is 32.1. The standard InChI is InChI=1S/C13H15N3O3S/c17-8-9-1-3-15(4-2-9)11(18)10-7-14-13-16(12(10)19)5-6-20-13/h5-7,9,17H,1-4,8H2. The Morgan fingerprint density at radius 3 is 2.90 bits per heavy atom. The van der Waals surface area contributed by atoms with E-state index in [-0.39, 0.29) is 29.6 Å². The van der Waals surface area contributed by atoms with E-state index >= 15 is 0 Å². The van der Waals surface area contributed by atoms with Gasteiger partial charge in [-0.1, -0.05) is 0 Å². The number of aliphatic hydroxyl groups is 1. The van der Waals surface area contributed by atoms with E-state index in [0.29, 0.717) is 18.1 Å². The number of carbonyl (C=O) groups excluding carboxylic acids is 1. The van der Waals surface area contributed by atoms with Crippen molar-refractivity contribution in [3.8, 4) is 0 Å². The first-order valence-electron chi connectivity index (χ1n) is 6.55. The van der Waals surface area contributed by atoms with E-state index in [2.05, 4.69) is 4.98 Å². The number of likely N-dealkylation sites (tertiary alicyclic amines) is 1. The first kappa shape index (κ1) is 13.3. The number of hydrogen-bond donors (Lipinski definition) is 1. The Labute approximate surface area is 119 Å². The maximum atomic E-state index is 12.4. The lowest BCUT2D eigenvalue weighted by molar-refractivity contribution is 0.0648. The third-order valence-electron chi connectivity index (χ3n) is 3.73. The number of rotatable bonds is 2. The molecule has 0 aliphatic carbocycles. The molecule has 3 heterocycles. The van der Waals surface area contributed by atoms with Gasteiger partial charge in [0.15, 0.2) is 4.96 Å². The smallest absolute Gasteiger partial charge is 0.271 e. The van der Waals surface area contributed by atoms with Crippen molar-refractivity contribution in [3.05, 3.63) is 33.7 Å². The van der Waals surface area contributed by atoms with Crippen LogP contribution in [0.2, 0.25) is 0 Å². The second-order valence-corrected chi connectivity index (χ2v) is 5.82. The summed E-state index contributed by atoms with van der Waals surface area (Å²) in [6.45, 7) is 1.32. The molecule has 0 radical (unpaired) electrons. The average molecular weight is 293 g/mol. The van der Waals surface area contributed by atoms with Crippen molar-refractivity contribution in [2.45, 2.75) is 12.8 Å². The largest absolute Gasteiger partial charge is 0.396 e. The van der Waals surface area contributed by atoms with Crippen LogP contribution in [0.15, 0.2) is 22.6 Å². The fourth-order valence-electron chi connectivity index (χ4n) is 2.46. The van der Waals surface area contributed by atoms with E-state index < -0.39 is 0 Å². The van der Waals surface area contributed by atoms with Crippen LogP contribution in [0.1, 0.15) is 23.2 Å². The molecule has 0 saturated carbocycles. The number of piperidine rings is 1. The molecule has 0 atom stereocenters. The summed E-state index contributed by atoms with van der Waals surface area (Å²) in [5.41, 5.74) is -0.200. The first-order valence-corrected chi connectivity index (χ1v) is 7.43. The number of fused-ring (bicyclic) bond motifs is 1. The van der Waals surface area contributed by atoms with Crippen LogP contribution >= 0.6 is 11.3 Å². The van der Waals surface area contributed by atoms with Crippen LogP contribution < -0.4 is 5.56 Å². The predicted molar refractivity (Wildman–Crippen MR) is 75.1 cm³/mol. The zero-order chi connectivity index (χ0) is 14.1. The summed E-state index contributed by atoms with van der Waals surface area (Å²) in [7, 11) is 0. The summed E-state index contributed by atoms with van der Waals surface area (Å²) < 4.78 is 1.40. The third kappa shape index (κ3) is 2.23. The number of aliphatic hydroxyl groups excluding tert-OH is 1. The van der Waals surface area contributed by atoms with Gasteiger partial charge in [-0.3, -0.25) is 14.0 Å². The van der Waals surface area contributed by atoms with E-state index in [4.69, 9.17) is 5.11 Å². The Morgan fingerprint density at radius 2 is 2.20 bits per heavy atom. The molecule has 1 aliphatic heterocycles. The van der Waals surface area contributed by atoms with Gasteiger partial charge in [-0.2, -0.15) is 0 Å². The molecule has 1 amide bonds. The SMILES string of the molecule is O=C(c1cnc2sccn2c1=O)N1CCC(CO)CC1. The fraction of sp³-hybridized carbons (Fsp3) is 0.462. The van der Waals surface area contributed by atoms with Crippen LogP contribution in [-0.4, -0.2) is 45.0 Å². The molecule has 7 heteroatoms. The molecule has 2 aromatic heterocycles. The van der Waals surface area contributed by atoms with Crippen molar-refractivity contribution in [2.75, 3.05) is 19.7 Å². The lowest BCUT2D eigenvalue weighted by Gasteiger charge is -2.30. The minimum absolute atomic E-state index is 0.114. The molecule has 0 aromatic carbocycles. The van der Waals surface area contributed by atoms with Crippen LogP contribution in [0.5, 0.6) is 0 Å². The van der Waals surface area contributed by atoms with Crippen molar-refractivity contribution in [1.82, 2.24) is 14.3 Å². The number of carbonyl (C=O) groups is 1. The van der Waals surface area contributed by atoms with Gasteiger partial charge in [0.25, 0.3) is 11.5 Å². The van der Waals surface area contributed by atoms with E-state index in [1.165, 1.54) is 21.9 Å². The molecule has 2 aromatic rings. The highest BCUT2D eigenvalue weighted by Crippen LogP contribution is 2.17. The Balaban J connectivity index is 1.86. The summed E-state index contributed by atoms with van der Waals surface area (Å²) in [4.78, 5) is 31.0. The number of thiazole rings is 1. The highest BCUT2D eigenvalue weighted by Gasteiger charge is 2.25. The maximum Gasteiger partial charge on any atom is 0.271 e. The summed E-state index contributed by atoms with van der Waals surface area (Å²) in [5.74, 6) is -0.00267. The molecule has 1 saturated heterocycles. The molecule has 6 nitrogen and oxygen atoms in total. The summed E-state index contributed by atoms with van der Waals surface area (Å²) in [6.07, 6.45) is 4.55. The summed E-state index contributed by atoms with van der Waals surface area (Å²) >= 11 is 1.36. The topological polar surface area (TPSA) is 74.9 Å². The van der Waals surface area contributed by atoms with Crippen molar-refractivity contribution in [2.24, 2.45) is 5.92 Å². The van der Waals surface area contributed by atoms with Gasteiger partial charge in [0, 0.05) is 37.5 Å². The average Bonchev–Trinajstić information content (AvgIpc) is 2.96. The van der Waals surface area contributed by atoms with Crippen molar-refractivity contribution in [1.29, 1.82) is 0 Å². The van der Waals surface area contributed by atoms with Crippen LogP contribution in [0.4, 0.5) is 0 Å². The van der Waals surface area contributed by atoms with Crippen LogP contribution in [0.3, 0.4) is 0 Å². The normalized spacial score (nSPS) is 16.8. The zero-order valence-corrected chi connectivity index (χ0v) is 11.7. The molecule has 3 rings (SSSR count). The lowest BCUT2D eigenvalue weighted by Crippen LogP contribution is -2.41. The quantitative estimate of drug-likeness (QED) is 0.880. The van der Waals surface area contributed by atoms with E-state index in [9.17, 15) is 9.59 Å². The molecule has 0 unspecified atom stereocenters. The van der Waals surface area contributed by atoms with E-state index in [1.807, 2.05) is 0 Å². The minimum atomic E-state index is -0.314. The van der Waals surface area contributed by atoms with Crippen molar-refractivity contribution < 1.29 is 9.90 Å². The number of nitrogens with zero attached hydrogens (tertiary/aromatic N) is 3. The Kier molecular flexibility index (Phi) is 3.54. The van der Waals surface area contributed by atoms with Crippen molar-refractivity contribution in [3.63, 3.8) is 0 Å². The number of aromatic nitrogens is 2. The molecule has 1 N–H and O–H groups in total. The van der Waals surface area contributed by atoms with Gasteiger partial charge in [0.05, 0.1) is 0 Å². The third-order valence-corrected chi connectivity index (χ3v) is 4.50. The van der Waals surface area contributed by atoms with Gasteiger partial charge in [-0.05, 0) is 18.8 Å². The van der Waals surface area contributed by atoms with Crippen molar-refractivity contribution >= 4 is 22.2 Å². The van der Waals surface area contributed by atoms with Crippen LogP contribution in [0, 0.1) is 5.92 Å². The van der Waals surface area contributed by atoms with Gasteiger partial charge in [0.1, 0.15) is 5.56 Å². The Hall–Kier alpha value is -1.73. The molecule has 0 bridgehead atoms. The van der Waals surface area contributed by atoms with Gasteiger partial charge in [0.2, 0.25) is 0 Å². The van der Waals surface area contributed by atoms with Gasteiger partial charge >= 0.3 is 0 Å². The maximum absolute atomic E-state index is 12.4. The van der Waals surface area contributed by atoms with Gasteiger partial charge in [-0.25, -0.2) is 4.98 Å². The molecule has 1 fully saturated rings. The molecular weight excluding hydrogens is 278 g/mol. The summed E-state index contributed by atoms with van der Waals surface area (Å²) in [6, 6.07) is 0. The Morgan fingerprint density at radius 1 is 1.45 bits per heavy atom.